The number of aryl methyl sites for hydroxylation is 1. The summed E-state index contributed by atoms with van der Waals surface area (Å²) < 4.78 is 2.25. The zero-order chi connectivity index (χ0) is 20.1. The highest BCUT2D eigenvalue weighted by atomic mass is 35.5. The van der Waals surface area contributed by atoms with Crippen LogP contribution in [0.2, 0.25) is 10.4 Å². The standard InChI is InChI=1S/C19H20Cl2N6PS/c1-12-10-16(24-19(21)22-12)26-8-6-25(7-9-26)14-4-5-27(17-11-29(17)28)18-13(14)2-3-15(20)23-18/h2-5,10,17,28H,6-9,11H2,1H3/q+1. The maximum atomic E-state index is 6.23. The van der Waals surface area contributed by atoms with Crippen molar-refractivity contribution in [2.45, 2.75) is 12.3 Å². The molecule has 3 aromatic heterocycles. The average Bonchev–Trinajstić information content (AvgIpc) is 3.42. The predicted octanol–water partition coefficient (Wildman–Crippen LogP) is 3.44. The van der Waals surface area contributed by atoms with E-state index in [1.807, 2.05) is 19.1 Å². The first kappa shape index (κ1) is 19.4. The molecule has 0 spiro atoms. The van der Waals surface area contributed by atoms with Crippen LogP contribution in [0.4, 0.5) is 11.5 Å². The summed E-state index contributed by atoms with van der Waals surface area (Å²) in [5.41, 5.74) is 3.04. The fourth-order valence-electron chi connectivity index (χ4n) is 3.83. The Morgan fingerprint density at radius 2 is 1.79 bits per heavy atom. The Morgan fingerprint density at radius 1 is 1.07 bits per heavy atom. The second kappa shape index (κ2) is 7.62. The number of fused-ring (bicyclic) bond motifs is 1. The van der Waals surface area contributed by atoms with Crippen molar-refractivity contribution in [3.05, 3.63) is 46.6 Å². The molecule has 0 aromatic carbocycles. The van der Waals surface area contributed by atoms with E-state index in [2.05, 4.69) is 55.7 Å². The zero-order valence-electron chi connectivity index (χ0n) is 15.8. The molecule has 2 atom stereocenters. The van der Waals surface area contributed by atoms with Crippen molar-refractivity contribution in [3.63, 3.8) is 0 Å². The first-order valence-corrected chi connectivity index (χ1v) is 12.9. The van der Waals surface area contributed by atoms with Gasteiger partial charge in [-0.15, -0.1) is 10.1 Å². The van der Waals surface area contributed by atoms with Crippen LogP contribution >= 0.6 is 31.2 Å². The Morgan fingerprint density at radius 3 is 2.48 bits per heavy atom. The van der Waals surface area contributed by atoms with E-state index in [1.54, 1.807) is 0 Å². The van der Waals surface area contributed by atoms with Gasteiger partial charge < -0.3 is 9.80 Å². The summed E-state index contributed by atoms with van der Waals surface area (Å²) >= 11 is 12.3. The van der Waals surface area contributed by atoms with Gasteiger partial charge in [-0.05, 0) is 41.2 Å². The second-order valence-electron chi connectivity index (χ2n) is 7.27. The summed E-state index contributed by atoms with van der Waals surface area (Å²) in [6.45, 7) is 5.48. The molecule has 10 heteroatoms. The minimum atomic E-state index is 0.239. The van der Waals surface area contributed by atoms with Gasteiger partial charge in [-0.3, -0.25) is 0 Å². The van der Waals surface area contributed by atoms with Gasteiger partial charge >= 0.3 is 5.65 Å². The normalized spacial score (nSPS) is 21.6. The minimum Gasteiger partial charge on any atom is -0.367 e. The summed E-state index contributed by atoms with van der Waals surface area (Å²) in [5, 5.41) is 2.44. The van der Waals surface area contributed by atoms with E-state index in [0.717, 1.165) is 54.5 Å². The van der Waals surface area contributed by atoms with E-state index in [9.17, 15) is 0 Å². The number of hydrogen-bond acceptors (Lipinski definition) is 5. The summed E-state index contributed by atoms with van der Waals surface area (Å²) in [4.78, 5) is 17.9. The van der Waals surface area contributed by atoms with E-state index in [0.29, 0.717) is 15.8 Å². The third-order valence-corrected chi connectivity index (χ3v) is 8.35. The molecular formula is C19H20Cl2N6PS+. The van der Waals surface area contributed by atoms with Crippen molar-refractivity contribution in [3.8, 4) is 0 Å². The van der Waals surface area contributed by atoms with Crippen LogP contribution in [0, 0.1) is 6.92 Å². The monoisotopic (exact) mass is 465 g/mol. The van der Waals surface area contributed by atoms with Gasteiger partial charge in [0.2, 0.25) is 10.4 Å². The quantitative estimate of drug-likeness (QED) is 0.195. The summed E-state index contributed by atoms with van der Waals surface area (Å²) in [6, 6.07) is 8.16. The van der Waals surface area contributed by atoms with Gasteiger partial charge in [0.15, 0.2) is 5.37 Å². The molecule has 2 aliphatic heterocycles. The van der Waals surface area contributed by atoms with Crippen LogP contribution in [0.1, 0.15) is 11.1 Å². The Bertz CT molecular complexity index is 1110. The second-order valence-corrected chi connectivity index (χ2v) is 11.3. The summed E-state index contributed by atoms with van der Waals surface area (Å²) in [5.74, 6) is 2.04. The van der Waals surface area contributed by atoms with Crippen LogP contribution in [-0.2, 0) is 10.1 Å². The number of rotatable bonds is 3. The molecule has 2 saturated heterocycles. The Balaban J connectivity index is 1.43. The smallest absolute Gasteiger partial charge is 0.335 e. The number of aromatic nitrogens is 4. The highest BCUT2D eigenvalue weighted by Crippen LogP contribution is 2.32. The topological polar surface area (TPSA) is 49.0 Å². The van der Waals surface area contributed by atoms with Crippen molar-refractivity contribution in [1.29, 1.82) is 0 Å². The first-order valence-electron chi connectivity index (χ1n) is 9.42. The van der Waals surface area contributed by atoms with E-state index >= 15 is 0 Å². The lowest BCUT2D eigenvalue weighted by Gasteiger charge is -2.37. The van der Waals surface area contributed by atoms with E-state index in [-0.39, 0.29) is 10.1 Å². The summed E-state index contributed by atoms with van der Waals surface area (Å²) in [6.07, 6.45) is 2.15. The fourth-order valence-corrected chi connectivity index (χ4v) is 6.41. The molecular weight excluding hydrogens is 446 g/mol. The molecule has 2 fully saturated rings. The van der Waals surface area contributed by atoms with Gasteiger partial charge in [-0.25, -0.2) is 14.5 Å². The molecule has 6 nitrogen and oxygen atoms in total. The Kier molecular flexibility index (Phi) is 5.11. The largest absolute Gasteiger partial charge is 0.367 e. The molecule has 3 aromatic rings. The van der Waals surface area contributed by atoms with Crippen LogP contribution in [0.15, 0.2) is 30.5 Å². The molecule has 5 heterocycles. The third kappa shape index (κ3) is 3.81. The van der Waals surface area contributed by atoms with Gasteiger partial charge in [0, 0.05) is 55.8 Å². The lowest BCUT2D eigenvalue weighted by Crippen LogP contribution is -2.47. The van der Waals surface area contributed by atoms with Gasteiger partial charge in [0.25, 0.3) is 0 Å². The number of hydrogen-bond donors (Lipinski definition) is 0. The van der Waals surface area contributed by atoms with Crippen molar-refractivity contribution in [2.75, 3.05) is 41.7 Å². The van der Waals surface area contributed by atoms with E-state index < -0.39 is 0 Å². The van der Waals surface area contributed by atoms with Crippen molar-refractivity contribution < 1.29 is 4.57 Å². The van der Waals surface area contributed by atoms with Gasteiger partial charge in [-0.1, -0.05) is 8.02 Å². The molecule has 0 amide bonds. The molecule has 0 radical (unpaired) electrons. The van der Waals surface area contributed by atoms with Crippen molar-refractivity contribution in [2.24, 2.45) is 0 Å². The molecule has 0 bridgehead atoms. The number of halogens is 2. The molecule has 5 rings (SSSR count). The van der Waals surface area contributed by atoms with E-state index in [1.165, 1.54) is 5.69 Å². The van der Waals surface area contributed by atoms with Crippen LogP contribution < -0.4 is 14.4 Å². The lowest BCUT2D eigenvalue weighted by molar-refractivity contribution is -0.664. The van der Waals surface area contributed by atoms with Crippen LogP contribution in [0.3, 0.4) is 0 Å². The third-order valence-electron chi connectivity index (χ3n) is 5.36. The highest BCUT2D eigenvalue weighted by molar-refractivity contribution is 8.20. The van der Waals surface area contributed by atoms with Crippen LogP contribution in [0.25, 0.3) is 11.0 Å². The van der Waals surface area contributed by atoms with Crippen LogP contribution in [-0.4, -0.2) is 46.9 Å². The number of piperazine rings is 1. The Labute approximate surface area is 183 Å². The van der Waals surface area contributed by atoms with E-state index in [4.69, 9.17) is 23.2 Å². The molecule has 0 saturated carbocycles. The highest BCUT2D eigenvalue weighted by Gasteiger charge is 2.36. The van der Waals surface area contributed by atoms with Crippen molar-refractivity contribution >= 4 is 63.8 Å². The van der Waals surface area contributed by atoms with Crippen LogP contribution in [0.5, 0.6) is 0 Å². The number of nitrogens with zero attached hydrogens (tertiary/aromatic N) is 6. The van der Waals surface area contributed by atoms with Crippen molar-refractivity contribution in [1.82, 2.24) is 15.0 Å². The number of pyridine rings is 2. The van der Waals surface area contributed by atoms with Gasteiger partial charge in [0.05, 0.1) is 17.3 Å². The number of anilines is 2. The molecule has 0 N–H and O–H groups in total. The maximum Gasteiger partial charge on any atom is 0.335 e. The molecule has 2 unspecified atom stereocenters. The fraction of sp³-hybridized carbons (Fsp3) is 0.368. The maximum absolute atomic E-state index is 6.23. The molecule has 150 valence electrons. The Hall–Kier alpha value is -1.53. The van der Waals surface area contributed by atoms with Gasteiger partial charge in [-0.2, -0.15) is 0 Å². The summed E-state index contributed by atoms with van der Waals surface area (Å²) in [7, 11) is 4.03. The van der Waals surface area contributed by atoms with Gasteiger partial charge in [0.1, 0.15) is 5.82 Å². The first-order chi connectivity index (χ1) is 14.0. The minimum absolute atomic E-state index is 0.239. The average molecular weight is 466 g/mol. The zero-order valence-corrected chi connectivity index (χ0v) is 19.2. The SMILES string of the molecule is Cc1cc(N2CCN(c3cc[n+](C4CS4=P)c4nc(Cl)ccc34)CC2)nc(Cl)n1. The lowest BCUT2D eigenvalue weighted by atomic mass is 10.2. The predicted molar refractivity (Wildman–Crippen MR) is 123 cm³/mol. The molecule has 0 aliphatic carbocycles. The molecule has 2 aliphatic rings. The molecule has 29 heavy (non-hydrogen) atoms.